The number of aliphatic imine (C=N–C) groups is 1. The maximum Gasteiger partial charge on any atom is 0.166 e. The van der Waals surface area contributed by atoms with Gasteiger partial charge in [-0.3, -0.25) is 0 Å². The molecule has 0 amide bonds. The molecule has 4 aromatic rings. The van der Waals surface area contributed by atoms with Gasteiger partial charge in [-0.1, -0.05) is 24.3 Å². The summed E-state index contributed by atoms with van der Waals surface area (Å²) >= 11 is 0. The summed E-state index contributed by atoms with van der Waals surface area (Å²) < 4.78 is 19.1. The summed E-state index contributed by atoms with van der Waals surface area (Å²) in [6.07, 6.45) is 0. The molecule has 1 fully saturated rings. The fourth-order valence-electron chi connectivity index (χ4n) is 3.94. The molecule has 1 unspecified atom stereocenters. The number of phenols is 1. The summed E-state index contributed by atoms with van der Waals surface area (Å²) in [6.45, 7) is 1.40. The number of nitrogens with one attached hydrogen (secondary N) is 1. The summed E-state index contributed by atoms with van der Waals surface area (Å²) in [5, 5.41) is 14.4. The number of ether oxygens (including phenoxy) is 1. The molecular formula is C25H21FN4O2. The van der Waals surface area contributed by atoms with Gasteiger partial charge in [0.1, 0.15) is 17.3 Å². The average molecular weight is 428 g/mol. The Morgan fingerprint density at radius 1 is 1.06 bits per heavy atom. The molecule has 160 valence electrons. The third-order valence-corrected chi connectivity index (χ3v) is 5.61. The van der Waals surface area contributed by atoms with Crippen molar-refractivity contribution in [1.29, 1.82) is 0 Å². The van der Waals surface area contributed by atoms with Crippen LogP contribution in [0.15, 0.2) is 71.7 Å². The van der Waals surface area contributed by atoms with Crippen molar-refractivity contribution in [1.82, 2.24) is 15.3 Å². The molecule has 2 N–H and O–H groups in total. The predicted molar refractivity (Wildman–Crippen MR) is 122 cm³/mol. The van der Waals surface area contributed by atoms with Crippen LogP contribution in [0.5, 0.6) is 11.5 Å². The highest BCUT2D eigenvalue weighted by molar-refractivity contribution is 5.99. The second-order valence-corrected chi connectivity index (χ2v) is 7.61. The number of fused-ring (bicyclic) bond motifs is 1. The molecule has 32 heavy (non-hydrogen) atoms. The van der Waals surface area contributed by atoms with Crippen molar-refractivity contribution in [2.24, 2.45) is 4.99 Å². The lowest BCUT2D eigenvalue weighted by molar-refractivity contribution is 0.414. The van der Waals surface area contributed by atoms with E-state index in [-0.39, 0.29) is 23.1 Å². The number of aromatic hydroxyl groups is 1. The number of phenolic OH excluding ortho intramolecular Hbond substituents is 1. The van der Waals surface area contributed by atoms with Crippen LogP contribution in [0.2, 0.25) is 0 Å². The first-order valence-corrected chi connectivity index (χ1v) is 10.3. The lowest BCUT2D eigenvalue weighted by atomic mass is 9.96. The molecule has 0 saturated carbocycles. The molecule has 6 nitrogen and oxygen atoms in total. The number of halogens is 1. The van der Waals surface area contributed by atoms with Gasteiger partial charge in [-0.2, -0.15) is 0 Å². The number of rotatable bonds is 4. The molecule has 1 aromatic heterocycles. The lowest BCUT2D eigenvalue weighted by Gasteiger charge is -2.12. The Kier molecular flexibility index (Phi) is 5.25. The number of hydrogen-bond donors (Lipinski definition) is 2. The van der Waals surface area contributed by atoms with Crippen LogP contribution in [0.4, 0.5) is 10.2 Å². The number of hydrogen-bond acceptors (Lipinski definition) is 6. The van der Waals surface area contributed by atoms with Crippen LogP contribution in [-0.2, 0) is 0 Å². The van der Waals surface area contributed by atoms with Crippen molar-refractivity contribution >= 4 is 22.4 Å². The molecule has 1 aliphatic heterocycles. The topological polar surface area (TPSA) is 79.6 Å². The quantitative estimate of drug-likeness (QED) is 0.496. The van der Waals surface area contributed by atoms with Gasteiger partial charge < -0.3 is 15.2 Å². The summed E-state index contributed by atoms with van der Waals surface area (Å²) in [7, 11) is 1.65. The van der Waals surface area contributed by atoms with Crippen molar-refractivity contribution in [2.75, 3.05) is 20.2 Å². The van der Waals surface area contributed by atoms with Crippen molar-refractivity contribution in [3.8, 4) is 22.9 Å². The van der Waals surface area contributed by atoms with E-state index in [1.54, 1.807) is 7.11 Å². The van der Waals surface area contributed by atoms with Gasteiger partial charge in [-0.15, -0.1) is 0 Å². The Hall–Kier alpha value is -3.84. The number of para-hydroxylation sites is 1. The maximum atomic E-state index is 13.9. The minimum absolute atomic E-state index is 0.0843. The zero-order valence-corrected chi connectivity index (χ0v) is 17.4. The summed E-state index contributed by atoms with van der Waals surface area (Å²) in [5.41, 5.74) is 2.99. The Morgan fingerprint density at radius 2 is 1.88 bits per heavy atom. The molecule has 0 spiro atoms. The van der Waals surface area contributed by atoms with Crippen molar-refractivity contribution in [3.05, 3.63) is 78.1 Å². The Bertz CT molecular complexity index is 1320. The highest BCUT2D eigenvalue weighted by Crippen LogP contribution is 2.33. The zero-order chi connectivity index (χ0) is 22.1. The van der Waals surface area contributed by atoms with Crippen LogP contribution < -0.4 is 10.1 Å². The summed E-state index contributed by atoms with van der Waals surface area (Å²) in [4.78, 5) is 14.1. The van der Waals surface area contributed by atoms with Gasteiger partial charge >= 0.3 is 0 Å². The minimum Gasteiger partial charge on any atom is -0.507 e. The smallest absolute Gasteiger partial charge is 0.166 e. The van der Waals surface area contributed by atoms with Crippen LogP contribution >= 0.6 is 0 Å². The van der Waals surface area contributed by atoms with Crippen LogP contribution in [0.3, 0.4) is 0 Å². The third kappa shape index (κ3) is 3.78. The van der Waals surface area contributed by atoms with Gasteiger partial charge in [0.05, 0.1) is 18.2 Å². The largest absolute Gasteiger partial charge is 0.507 e. The highest BCUT2D eigenvalue weighted by atomic mass is 19.1. The molecule has 1 atom stereocenters. The molecule has 1 saturated heterocycles. The number of methoxy groups -OCH3 is 1. The van der Waals surface area contributed by atoms with Gasteiger partial charge in [0.25, 0.3) is 0 Å². The molecule has 0 radical (unpaired) electrons. The van der Waals surface area contributed by atoms with E-state index in [2.05, 4.69) is 15.3 Å². The standard InChI is InChI=1S/C25H21FN4O2/c1-32-17-9-6-15(7-10-17)20-13-27-14-22(20)29-24-18-4-2-3-5-21(18)28-25(30-24)19-12-16(26)8-11-23(19)31/h2-12,20,27,31H,13-14H2,1H3. The second kappa shape index (κ2) is 8.36. The molecular weight excluding hydrogens is 407 g/mol. The van der Waals surface area contributed by atoms with Gasteiger partial charge in [0, 0.05) is 30.1 Å². The highest BCUT2D eigenvalue weighted by Gasteiger charge is 2.25. The molecule has 7 heteroatoms. The van der Waals surface area contributed by atoms with Crippen molar-refractivity contribution < 1.29 is 14.2 Å². The molecule has 3 aromatic carbocycles. The fraction of sp³-hybridized carbons (Fsp3) is 0.160. The van der Waals surface area contributed by atoms with Gasteiger partial charge in [0.15, 0.2) is 11.6 Å². The SMILES string of the molecule is COc1ccc(C2CNCC2=Nc2nc(-c3cc(F)ccc3O)nc3ccccc23)cc1. The summed E-state index contributed by atoms with van der Waals surface area (Å²) in [6, 6.07) is 19.2. The van der Waals surface area contributed by atoms with Crippen LogP contribution in [0.25, 0.3) is 22.3 Å². The van der Waals surface area contributed by atoms with Crippen LogP contribution in [-0.4, -0.2) is 41.0 Å². The van der Waals surface area contributed by atoms with Crippen LogP contribution in [0.1, 0.15) is 11.5 Å². The van der Waals surface area contributed by atoms with E-state index in [0.29, 0.717) is 17.9 Å². The third-order valence-electron chi connectivity index (χ3n) is 5.61. The number of benzene rings is 3. The van der Waals surface area contributed by atoms with Gasteiger partial charge in [0.2, 0.25) is 0 Å². The van der Waals surface area contributed by atoms with E-state index < -0.39 is 5.82 Å². The van der Waals surface area contributed by atoms with Crippen molar-refractivity contribution in [3.63, 3.8) is 0 Å². The van der Waals surface area contributed by atoms with Gasteiger partial charge in [-0.05, 0) is 48.0 Å². The monoisotopic (exact) mass is 428 g/mol. The van der Waals surface area contributed by atoms with E-state index in [9.17, 15) is 9.50 Å². The summed E-state index contributed by atoms with van der Waals surface area (Å²) in [5.74, 6) is 1.07. The average Bonchev–Trinajstić information content (AvgIpc) is 3.28. The first-order valence-electron chi connectivity index (χ1n) is 10.3. The van der Waals surface area contributed by atoms with E-state index in [0.717, 1.165) is 29.0 Å². The van der Waals surface area contributed by atoms with E-state index >= 15 is 0 Å². The number of nitrogens with zero attached hydrogens (tertiary/aromatic N) is 3. The Labute approximate surface area is 184 Å². The molecule has 0 bridgehead atoms. The van der Waals surface area contributed by atoms with E-state index in [4.69, 9.17) is 9.73 Å². The lowest BCUT2D eigenvalue weighted by Crippen LogP contribution is -2.10. The Balaban J connectivity index is 1.62. The fourth-order valence-corrected chi connectivity index (χ4v) is 3.94. The second-order valence-electron chi connectivity index (χ2n) is 7.61. The normalized spacial score (nSPS) is 17.2. The molecule has 0 aliphatic carbocycles. The predicted octanol–water partition coefficient (Wildman–Crippen LogP) is 4.61. The van der Waals surface area contributed by atoms with Crippen LogP contribution in [0, 0.1) is 5.82 Å². The molecule has 1 aliphatic rings. The van der Waals surface area contributed by atoms with E-state index in [1.165, 1.54) is 18.2 Å². The van der Waals surface area contributed by atoms with Gasteiger partial charge in [-0.25, -0.2) is 19.4 Å². The van der Waals surface area contributed by atoms with Crippen molar-refractivity contribution in [2.45, 2.75) is 5.92 Å². The first kappa shape index (κ1) is 20.1. The number of aromatic nitrogens is 2. The van der Waals surface area contributed by atoms with E-state index in [1.807, 2.05) is 48.5 Å². The Morgan fingerprint density at radius 3 is 2.69 bits per heavy atom. The minimum atomic E-state index is -0.470. The maximum absolute atomic E-state index is 13.9. The molecule has 2 heterocycles. The zero-order valence-electron chi connectivity index (χ0n) is 17.4. The first-order chi connectivity index (χ1) is 15.6. The molecule has 5 rings (SSSR count).